The Bertz CT molecular complexity index is 1150. The van der Waals surface area contributed by atoms with Gasteiger partial charge in [-0.2, -0.15) is 0 Å². The molecule has 0 bridgehead atoms. The minimum Gasteiger partial charge on any atom is -0.453 e. The number of carbonyl (C=O) groups excluding carboxylic acids is 1. The molecule has 0 N–H and O–H groups in total. The molecule has 0 saturated heterocycles. The summed E-state index contributed by atoms with van der Waals surface area (Å²) in [5, 5.41) is 0.848. The first-order valence-electron chi connectivity index (χ1n) is 8.10. The van der Waals surface area contributed by atoms with Crippen LogP contribution in [0.3, 0.4) is 0 Å². The molecule has 0 unspecified atom stereocenters. The second-order valence-electron chi connectivity index (χ2n) is 6.58. The highest BCUT2D eigenvalue weighted by Crippen LogP contribution is 2.35. The summed E-state index contributed by atoms with van der Waals surface area (Å²) in [6.07, 6.45) is 1.78. The number of fused-ring (bicyclic) bond motifs is 2. The number of ketones is 1. The van der Waals surface area contributed by atoms with Gasteiger partial charge in [-0.25, -0.2) is 8.42 Å². The van der Waals surface area contributed by atoms with Gasteiger partial charge in [0.1, 0.15) is 5.58 Å². The molecule has 0 fully saturated rings. The lowest BCUT2D eigenvalue weighted by atomic mass is 10.0. The van der Waals surface area contributed by atoms with Crippen molar-refractivity contribution in [2.45, 2.75) is 19.4 Å². The van der Waals surface area contributed by atoms with Crippen LogP contribution in [-0.4, -0.2) is 26.5 Å². The number of rotatable bonds is 3. The highest BCUT2D eigenvalue weighted by molar-refractivity contribution is 9.10. The summed E-state index contributed by atoms with van der Waals surface area (Å²) >= 11 is 3.40. The van der Waals surface area contributed by atoms with E-state index in [1.807, 2.05) is 25.1 Å². The van der Waals surface area contributed by atoms with Crippen LogP contribution in [0.2, 0.25) is 0 Å². The Morgan fingerprint density at radius 3 is 2.69 bits per heavy atom. The summed E-state index contributed by atoms with van der Waals surface area (Å²) in [6, 6.07) is 12.2. The fraction of sp³-hybridized carbons (Fsp3) is 0.211. The molecule has 0 saturated carbocycles. The van der Waals surface area contributed by atoms with Gasteiger partial charge in [0.2, 0.25) is 15.8 Å². The Hall–Kier alpha value is -2.12. The number of halogens is 1. The van der Waals surface area contributed by atoms with Crippen LogP contribution in [0.15, 0.2) is 51.4 Å². The molecule has 0 amide bonds. The van der Waals surface area contributed by atoms with Crippen LogP contribution >= 0.6 is 15.9 Å². The van der Waals surface area contributed by atoms with Gasteiger partial charge < -0.3 is 4.42 Å². The zero-order chi connectivity index (χ0) is 18.6. The van der Waals surface area contributed by atoms with Crippen molar-refractivity contribution < 1.29 is 17.6 Å². The molecule has 1 atom stereocenters. The van der Waals surface area contributed by atoms with E-state index in [1.165, 1.54) is 10.6 Å². The van der Waals surface area contributed by atoms with Gasteiger partial charge in [0.25, 0.3) is 0 Å². The lowest BCUT2D eigenvalue weighted by Gasteiger charge is -2.21. The molecule has 2 heterocycles. The molecule has 1 aliphatic rings. The minimum atomic E-state index is -3.35. The fourth-order valence-corrected chi connectivity index (χ4v) is 5.16. The third-order valence-electron chi connectivity index (χ3n) is 4.55. The van der Waals surface area contributed by atoms with Crippen molar-refractivity contribution in [3.8, 4) is 0 Å². The number of sulfonamides is 1. The number of benzene rings is 2. The highest BCUT2D eigenvalue weighted by Gasteiger charge is 2.33. The normalized spacial score (nSPS) is 16.9. The van der Waals surface area contributed by atoms with Crippen molar-refractivity contribution in [3.05, 3.63) is 63.8 Å². The SMILES string of the molecule is C[C@@H]1Cc2cc(C(=O)c3cc4cc(Br)ccc4o3)ccc2N1S(C)(=O)=O. The molecule has 0 spiro atoms. The Morgan fingerprint density at radius 2 is 1.96 bits per heavy atom. The van der Waals surface area contributed by atoms with Crippen LogP contribution < -0.4 is 4.31 Å². The smallest absolute Gasteiger partial charge is 0.232 e. The third-order valence-corrected chi connectivity index (χ3v) is 6.32. The second kappa shape index (κ2) is 5.96. The monoisotopic (exact) mass is 433 g/mol. The van der Waals surface area contributed by atoms with E-state index in [9.17, 15) is 13.2 Å². The molecule has 4 rings (SSSR count). The van der Waals surface area contributed by atoms with Crippen LogP contribution in [0.25, 0.3) is 11.0 Å². The minimum absolute atomic E-state index is 0.158. The van der Waals surface area contributed by atoms with E-state index in [0.29, 0.717) is 23.3 Å². The predicted octanol–water partition coefficient (Wildman–Crippen LogP) is 4.14. The highest BCUT2D eigenvalue weighted by atomic mass is 79.9. The molecule has 1 aromatic heterocycles. The largest absolute Gasteiger partial charge is 0.453 e. The van der Waals surface area contributed by atoms with E-state index < -0.39 is 10.0 Å². The molecule has 134 valence electrons. The summed E-state index contributed by atoms with van der Waals surface area (Å²) < 4.78 is 32.0. The molecule has 2 aromatic carbocycles. The number of hydrogen-bond donors (Lipinski definition) is 0. The van der Waals surface area contributed by atoms with Gasteiger partial charge in [-0.1, -0.05) is 15.9 Å². The zero-order valence-corrected chi connectivity index (χ0v) is 16.6. The average Bonchev–Trinajstić information content (AvgIpc) is 3.12. The number of hydrogen-bond acceptors (Lipinski definition) is 4. The summed E-state index contributed by atoms with van der Waals surface area (Å²) in [6.45, 7) is 1.86. The van der Waals surface area contributed by atoms with Crippen molar-refractivity contribution in [2.75, 3.05) is 10.6 Å². The number of anilines is 1. The van der Waals surface area contributed by atoms with Gasteiger partial charge in [0, 0.05) is 21.5 Å². The molecular formula is C19H16BrNO4S. The Labute approximate surface area is 159 Å². The quantitative estimate of drug-likeness (QED) is 0.582. The molecule has 0 radical (unpaired) electrons. The van der Waals surface area contributed by atoms with Gasteiger partial charge in [0.05, 0.1) is 11.9 Å². The van der Waals surface area contributed by atoms with E-state index in [2.05, 4.69) is 15.9 Å². The molecule has 3 aromatic rings. The first-order valence-corrected chi connectivity index (χ1v) is 10.7. The van der Waals surface area contributed by atoms with Gasteiger partial charge >= 0.3 is 0 Å². The Kier molecular flexibility index (Phi) is 3.96. The van der Waals surface area contributed by atoms with Crippen LogP contribution in [0, 0.1) is 0 Å². The molecular weight excluding hydrogens is 418 g/mol. The van der Waals surface area contributed by atoms with E-state index in [0.717, 1.165) is 15.4 Å². The molecule has 1 aliphatic heterocycles. The van der Waals surface area contributed by atoms with Crippen LogP contribution in [0.5, 0.6) is 0 Å². The topological polar surface area (TPSA) is 67.6 Å². The van der Waals surface area contributed by atoms with Gasteiger partial charge in [-0.3, -0.25) is 9.10 Å². The second-order valence-corrected chi connectivity index (χ2v) is 9.35. The molecule has 5 nitrogen and oxygen atoms in total. The Balaban J connectivity index is 1.73. The summed E-state index contributed by atoms with van der Waals surface area (Å²) in [4.78, 5) is 12.8. The van der Waals surface area contributed by atoms with Crippen LogP contribution in [-0.2, 0) is 16.4 Å². The first-order chi connectivity index (χ1) is 12.2. The fourth-order valence-electron chi connectivity index (χ4n) is 3.52. The molecule has 0 aliphatic carbocycles. The molecule has 7 heteroatoms. The summed E-state index contributed by atoms with van der Waals surface area (Å²) in [5.74, 6) is 0.0506. The lowest BCUT2D eigenvalue weighted by molar-refractivity contribution is 0.101. The van der Waals surface area contributed by atoms with Gasteiger partial charge in [-0.15, -0.1) is 0 Å². The maximum absolute atomic E-state index is 12.8. The maximum Gasteiger partial charge on any atom is 0.232 e. The summed E-state index contributed by atoms with van der Waals surface area (Å²) in [5.41, 5.74) is 2.64. The zero-order valence-electron chi connectivity index (χ0n) is 14.2. The van der Waals surface area contributed by atoms with Crippen molar-refractivity contribution in [3.63, 3.8) is 0 Å². The number of furan rings is 1. The first kappa shape index (κ1) is 17.3. The number of carbonyl (C=O) groups is 1. The predicted molar refractivity (Wildman–Crippen MR) is 104 cm³/mol. The van der Waals surface area contributed by atoms with E-state index >= 15 is 0 Å². The van der Waals surface area contributed by atoms with Crippen molar-refractivity contribution in [1.29, 1.82) is 0 Å². The average molecular weight is 434 g/mol. The summed E-state index contributed by atoms with van der Waals surface area (Å²) in [7, 11) is -3.35. The van der Waals surface area contributed by atoms with Gasteiger partial charge in [-0.05, 0) is 61.4 Å². The van der Waals surface area contributed by atoms with Crippen LogP contribution in [0.4, 0.5) is 5.69 Å². The van der Waals surface area contributed by atoms with Gasteiger partial charge in [0.15, 0.2) is 5.76 Å². The van der Waals surface area contributed by atoms with Crippen molar-refractivity contribution in [1.82, 2.24) is 0 Å². The maximum atomic E-state index is 12.8. The molecule has 26 heavy (non-hydrogen) atoms. The van der Waals surface area contributed by atoms with E-state index in [4.69, 9.17) is 4.42 Å². The van der Waals surface area contributed by atoms with Crippen molar-refractivity contribution in [2.24, 2.45) is 0 Å². The standard InChI is InChI=1S/C19H16BrNO4S/c1-11-7-13-8-12(3-5-16(13)21(11)26(2,23)24)19(22)18-10-14-9-15(20)4-6-17(14)25-18/h3-6,8-11H,7H2,1-2H3/t11-/m1/s1. The van der Waals surface area contributed by atoms with E-state index in [1.54, 1.807) is 24.3 Å². The third kappa shape index (κ3) is 2.85. The van der Waals surface area contributed by atoms with Crippen LogP contribution in [0.1, 0.15) is 28.6 Å². The Morgan fingerprint density at radius 1 is 1.19 bits per heavy atom. The van der Waals surface area contributed by atoms with Crippen molar-refractivity contribution >= 4 is 48.4 Å². The lowest BCUT2D eigenvalue weighted by Crippen LogP contribution is -2.34. The number of nitrogens with zero attached hydrogens (tertiary/aromatic N) is 1. The van der Waals surface area contributed by atoms with E-state index in [-0.39, 0.29) is 17.6 Å².